The second kappa shape index (κ2) is 13.3. The summed E-state index contributed by atoms with van der Waals surface area (Å²) in [6.45, 7) is 9.83. The SMILES string of the molecule is C=CN1CCC(Nc2ccc(-c3cc(F)cc(F)c3)cc2)CC1.CC.CNC=O. The molecule has 1 aliphatic rings. The molecule has 0 bridgehead atoms. The van der Waals surface area contributed by atoms with Crippen LogP contribution in [0.25, 0.3) is 11.1 Å². The lowest BCUT2D eigenvalue weighted by Crippen LogP contribution is -2.36. The van der Waals surface area contributed by atoms with Gasteiger partial charge in [0.25, 0.3) is 0 Å². The predicted molar refractivity (Wildman–Crippen MR) is 117 cm³/mol. The van der Waals surface area contributed by atoms with Crippen LogP contribution >= 0.6 is 0 Å². The largest absolute Gasteiger partial charge is 0.382 e. The number of nitrogens with zero attached hydrogens (tertiary/aromatic N) is 1. The van der Waals surface area contributed by atoms with E-state index in [9.17, 15) is 8.78 Å². The van der Waals surface area contributed by atoms with E-state index in [2.05, 4.69) is 22.1 Å². The Kier molecular flexibility index (Phi) is 11.1. The van der Waals surface area contributed by atoms with Gasteiger partial charge in [-0.05, 0) is 54.4 Å². The molecule has 158 valence electrons. The highest BCUT2D eigenvalue weighted by atomic mass is 19.1. The van der Waals surface area contributed by atoms with Crippen molar-refractivity contribution in [1.82, 2.24) is 10.2 Å². The smallest absolute Gasteiger partial charge is 0.206 e. The second-order valence-corrected chi connectivity index (χ2v) is 6.28. The maximum Gasteiger partial charge on any atom is 0.206 e. The molecular formula is C23H31F2N3O. The van der Waals surface area contributed by atoms with Crippen LogP contribution in [0.3, 0.4) is 0 Å². The molecule has 4 nitrogen and oxygen atoms in total. The number of likely N-dealkylation sites (tertiary alicyclic amines) is 1. The van der Waals surface area contributed by atoms with Crippen LogP contribution in [0, 0.1) is 11.6 Å². The van der Waals surface area contributed by atoms with E-state index in [0.29, 0.717) is 18.0 Å². The molecule has 2 aromatic rings. The Morgan fingerprint density at radius 2 is 1.52 bits per heavy atom. The summed E-state index contributed by atoms with van der Waals surface area (Å²) in [5.74, 6) is -1.12. The Morgan fingerprint density at radius 3 is 1.97 bits per heavy atom. The van der Waals surface area contributed by atoms with Gasteiger partial charge in [0.05, 0.1) is 0 Å². The third kappa shape index (κ3) is 8.34. The predicted octanol–water partition coefficient (Wildman–Crippen LogP) is 5.04. The van der Waals surface area contributed by atoms with Gasteiger partial charge in [0, 0.05) is 37.9 Å². The fourth-order valence-electron chi connectivity index (χ4n) is 2.94. The molecule has 3 rings (SSSR count). The van der Waals surface area contributed by atoms with Crippen LogP contribution < -0.4 is 10.6 Å². The molecule has 1 aliphatic heterocycles. The lowest BCUT2D eigenvalue weighted by Gasteiger charge is -2.31. The van der Waals surface area contributed by atoms with Gasteiger partial charge in [0.2, 0.25) is 6.41 Å². The van der Waals surface area contributed by atoms with Gasteiger partial charge in [-0.15, -0.1) is 0 Å². The van der Waals surface area contributed by atoms with Crippen molar-refractivity contribution in [2.75, 3.05) is 25.5 Å². The molecule has 29 heavy (non-hydrogen) atoms. The number of anilines is 1. The summed E-state index contributed by atoms with van der Waals surface area (Å²) in [6.07, 6.45) is 4.66. The van der Waals surface area contributed by atoms with Crippen molar-refractivity contribution in [3.05, 3.63) is 66.9 Å². The number of halogens is 2. The normalized spacial score (nSPS) is 13.2. The molecule has 0 saturated carbocycles. The average molecular weight is 404 g/mol. The summed E-state index contributed by atoms with van der Waals surface area (Å²) in [5.41, 5.74) is 2.38. The number of piperidine rings is 1. The maximum atomic E-state index is 13.3. The van der Waals surface area contributed by atoms with E-state index in [-0.39, 0.29) is 0 Å². The zero-order chi connectivity index (χ0) is 21.6. The molecule has 0 aromatic heterocycles. The summed E-state index contributed by atoms with van der Waals surface area (Å²) in [6, 6.07) is 11.7. The number of rotatable bonds is 5. The lowest BCUT2D eigenvalue weighted by atomic mass is 10.0. The first kappa shape index (κ1) is 24.1. The first-order valence-corrected chi connectivity index (χ1v) is 9.86. The summed E-state index contributed by atoms with van der Waals surface area (Å²) in [5, 5.41) is 5.77. The van der Waals surface area contributed by atoms with Crippen molar-refractivity contribution in [3.63, 3.8) is 0 Å². The zero-order valence-corrected chi connectivity index (χ0v) is 17.4. The van der Waals surface area contributed by atoms with Crippen LogP contribution in [-0.4, -0.2) is 37.5 Å². The number of nitrogens with one attached hydrogen (secondary N) is 2. The quantitative estimate of drug-likeness (QED) is 0.688. The van der Waals surface area contributed by atoms with Crippen LogP contribution in [0.4, 0.5) is 14.5 Å². The van der Waals surface area contributed by atoms with Crippen molar-refractivity contribution in [1.29, 1.82) is 0 Å². The molecule has 6 heteroatoms. The molecule has 0 aliphatic carbocycles. The van der Waals surface area contributed by atoms with Gasteiger partial charge in [0.15, 0.2) is 0 Å². The van der Waals surface area contributed by atoms with Crippen molar-refractivity contribution in [2.24, 2.45) is 0 Å². The van der Waals surface area contributed by atoms with Gasteiger partial charge in [-0.2, -0.15) is 0 Å². The molecule has 1 saturated heterocycles. The summed E-state index contributed by atoms with van der Waals surface area (Å²) in [4.78, 5) is 11.3. The van der Waals surface area contributed by atoms with Gasteiger partial charge in [-0.3, -0.25) is 4.79 Å². The molecule has 0 radical (unpaired) electrons. The minimum atomic E-state index is -0.559. The van der Waals surface area contributed by atoms with Crippen molar-refractivity contribution < 1.29 is 13.6 Å². The third-order valence-corrected chi connectivity index (χ3v) is 4.36. The van der Waals surface area contributed by atoms with Gasteiger partial charge in [0.1, 0.15) is 11.6 Å². The van der Waals surface area contributed by atoms with Crippen molar-refractivity contribution in [2.45, 2.75) is 32.7 Å². The van der Waals surface area contributed by atoms with Crippen molar-refractivity contribution in [3.8, 4) is 11.1 Å². The molecule has 2 aromatic carbocycles. The van der Waals surface area contributed by atoms with Gasteiger partial charge in [-0.1, -0.05) is 32.6 Å². The molecule has 2 N–H and O–H groups in total. The first-order chi connectivity index (χ1) is 14.0. The Hall–Kier alpha value is -2.89. The van der Waals surface area contributed by atoms with Gasteiger partial charge >= 0.3 is 0 Å². The molecule has 1 amide bonds. The van der Waals surface area contributed by atoms with E-state index in [1.54, 1.807) is 7.05 Å². The van der Waals surface area contributed by atoms with E-state index in [1.165, 1.54) is 12.1 Å². The van der Waals surface area contributed by atoms with Crippen LogP contribution in [0.2, 0.25) is 0 Å². The monoisotopic (exact) mass is 403 g/mol. The van der Waals surface area contributed by atoms with E-state index in [4.69, 9.17) is 4.79 Å². The molecular weight excluding hydrogens is 372 g/mol. The average Bonchev–Trinajstić information content (AvgIpc) is 2.76. The van der Waals surface area contributed by atoms with Crippen LogP contribution in [0.1, 0.15) is 26.7 Å². The zero-order valence-electron chi connectivity index (χ0n) is 17.4. The number of hydrogen-bond donors (Lipinski definition) is 2. The van der Waals surface area contributed by atoms with E-state index < -0.39 is 11.6 Å². The molecule has 0 unspecified atom stereocenters. The van der Waals surface area contributed by atoms with Crippen LogP contribution in [0.15, 0.2) is 55.2 Å². The molecule has 0 atom stereocenters. The topological polar surface area (TPSA) is 44.4 Å². The summed E-state index contributed by atoms with van der Waals surface area (Å²) >= 11 is 0. The fraction of sp³-hybridized carbons (Fsp3) is 0.348. The molecule has 1 heterocycles. The molecule has 1 fully saturated rings. The van der Waals surface area contributed by atoms with Crippen molar-refractivity contribution >= 4 is 12.1 Å². The van der Waals surface area contributed by atoms with E-state index in [0.717, 1.165) is 43.2 Å². The second-order valence-electron chi connectivity index (χ2n) is 6.28. The van der Waals surface area contributed by atoms with E-state index >= 15 is 0 Å². The number of amides is 1. The summed E-state index contributed by atoms with van der Waals surface area (Å²) in [7, 11) is 1.56. The highest BCUT2D eigenvalue weighted by Gasteiger charge is 2.16. The fourth-order valence-corrected chi connectivity index (χ4v) is 2.94. The van der Waals surface area contributed by atoms with Crippen LogP contribution in [0.5, 0.6) is 0 Å². The summed E-state index contributed by atoms with van der Waals surface area (Å²) < 4.78 is 26.6. The van der Waals surface area contributed by atoms with Gasteiger partial charge < -0.3 is 15.5 Å². The Bertz CT molecular complexity index is 722. The Labute approximate surface area is 172 Å². The number of benzene rings is 2. The van der Waals surface area contributed by atoms with Crippen LogP contribution in [-0.2, 0) is 4.79 Å². The number of carbonyl (C=O) groups excluding carboxylic acids is 1. The van der Waals surface area contributed by atoms with E-state index in [1.807, 2.05) is 44.3 Å². The first-order valence-electron chi connectivity index (χ1n) is 9.86. The minimum absolute atomic E-state index is 0.448. The third-order valence-electron chi connectivity index (χ3n) is 4.36. The highest BCUT2D eigenvalue weighted by Crippen LogP contribution is 2.24. The van der Waals surface area contributed by atoms with Gasteiger partial charge in [-0.25, -0.2) is 8.78 Å². The lowest BCUT2D eigenvalue weighted by molar-refractivity contribution is -0.109. The Morgan fingerprint density at radius 1 is 1.00 bits per heavy atom. The standard InChI is InChI=1S/C19H20F2N2.C2H5NO.C2H6/c1-2-23-9-7-19(8-10-23)22-18-5-3-14(4-6-18)15-11-16(20)13-17(21)12-15;1-3-2-4;1-2/h2-6,11-13,19,22H,1,7-10H2;2H,1H3,(H,3,4);1-2H3. The minimum Gasteiger partial charge on any atom is -0.382 e. The Balaban J connectivity index is 0.000000627. The molecule has 0 spiro atoms. The number of hydrogen-bond acceptors (Lipinski definition) is 3. The maximum absolute atomic E-state index is 13.3. The number of carbonyl (C=O) groups is 1. The highest BCUT2D eigenvalue weighted by molar-refractivity contribution is 5.66.